The molecule has 19 heavy (non-hydrogen) atoms. The van der Waals surface area contributed by atoms with E-state index in [0.717, 1.165) is 19.4 Å². The molecule has 3 heteroatoms. The molecule has 2 atom stereocenters. The number of rotatable bonds is 11. The van der Waals surface area contributed by atoms with Gasteiger partial charge in [-0.25, -0.2) is 0 Å². The van der Waals surface area contributed by atoms with E-state index in [9.17, 15) is 4.79 Å². The molecule has 0 aromatic heterocycles. The van der Waals surface area contributed by atoms with Crippen LogP contribution in [0.3, 0.4) is 0 Å². The fraction of sp³-hybridized carbons (Fsp3) is 0.938. The van der Waals surface area contributed by atoms with Crippen LogP contribution in [0.4, 0.5) is 0 Å². The Balaban J connectivity index is 2.07. The molecule has 1 rings (SSSR count). The minimum Gasteiger partial charge on any atom is -0.379 e. The van der Waals surface area contributed by atoms with Crippen LogP contribution in [0.1, 0.15) is 65.2 Å². The summed E-state index contributed by atoms with van der Waals surface area (Å²) in [6, 6.07) is 0.252. The summed E-state index contributed by atoms with van der Waals surface area (Å²) in [7, 11) is 0. The van der Waals surface area contributed by atoms with Crippen molar-refractivity contribution in [3.05, 3.63) is 0 Å². The molecule has 0 aromatic rings. The van der Waals surface area contributed by atoms with Gasteiger partial charge in [0, 0.05) is 12.5 Å². The Morgan fingerprint density at radius 3 is 2.42 bits per heavy atom. The molecule has 0 spiro atoms. The molecule has 1 saturated heterocycles. The van der Waals surface area contributed by atoms with Crippen LogP contribution < -0.4 is 5.32 Å². The number of Topliss-reactive ketones (excluding diaryl/α,β-unsaturated/α-hetero) is 1. The van der Waals surface area contributed by atoms with Gasteiger partial charge in [-0.2, -0.15) is 0 Å². The predicted octanol–water partition coefficient (Wildman–Crippen LogP) is 3.32. The maximum absolute atomic E-state index is 12.1. The van der Waals surface area contributed by atoms with E-state index in [-0.39, 0.29) is 12.0 Å². The lowest BCUT2D eigenvalue weighted by Crippen LogP contribution is -2.39. The Bertz CT molecular complexity index is 243. The highest BCUT2D eigenvalue weighted by Crippen LogP contribution is 2.18. The Hall–Kier alpha value is -0.410. The quantitative estimate of drug-likeness (QED) is 0.585. The van der Waals surface area contributed by atoms with E-state index >= 15 is 0 Å². The average molecular weight is 269 g/mol. The molecular formula is C16H31NO2. The van der Waals surface area contributed by atoms with Crippen LogP contribution in [0.15, 0.2) is 0 Å². The molecule has 1 aliphatic rings. The molecule has 2 unspecified atom stereocenters. The molecule has 112 valence electrons. The predicted molar refractivity (Wildman–Crippen MR) is 79.4 cm³/mol. The molecule has 1 fully saturated rings. The van der Waals surface area contributed by atoms with Gasteiger partial charge < -0.3 is 10.1 Å². The summed E-state index contributed by atoms with van der Waals surface area (Å²) in [6.07, 6.45) is 9.61. The number of unbranched alkanes of at least 4 members (excludes halogenated alkanes) is 6. The van der Waals surface area contributed by atoms with Crippen molar-refractivity contribution in [2.45, 2.75) is 71.3 Å². The van der Waals surface area contributed by atoms with Crippen LogP contribution >= 0.6 is 0 Å². The van der Waals surface area contributed by atoms with Gasteiger partial charge in [-0.05, 0) is 13.0 Å². The zero-order valence-electron chi connectivity index (χ0n) is 12.7. The number of carbonyl (C=O) groups is 1. The molecule has 0 radical (unpaired) electrons. The molecule has 0 saturated carbocycles. The van der Waals surface area contributed by atoms with Gasteiger partial charge in [0.25, 0.3) is 0 Å². The van der Waals surface area contributed by atoms with Gasteiger partial charge in [-0.3, -0.25) is 4.79 Å². The number of carbonyl (C=O) groups excluding carboxylic acids is 1. The summed E-state index contributed by atoms with van der Waals surface area (Å²) in [5.41, 5.74) is 0. The van der Waals surface area contributed by atoms with Crippen molar-refractivity contribution in [3.8, 4) is 0 Å². The largest absolute Gasteiger partial charge is 0.379 e. The Morgan fingerprint density at radius 1 is 1.05 bits per heavy atom. The van der Waals surface area contributed by atoms with Gasteiger partial charge in [0.05, 0.1) is 19.1 Å². The third kappa shape index (κ3) is 6.53. The van der Waals surface area contributed by atoms with Gasteiger partial charge in [-0.1, -0.05) is 52.4 Å². The van der Waals surface area contributed by atoms with E-state index in [0.29, 0.717) is 19.0 Å². The normalized spacial score (nSPS) is 22.8. The first-order chi connectivity index (χ1) is 9.29. The van der Waals surface area contributed by atoms with Crippen molar-refractivity contribution < 1.29 is 9.53 Å². The van der Waals surface area contributed by atoms with Gasteiger partial charge in [0.1, 0.15) is 5.78 Å². The standard InChI is InChI=1S/C16H31NO2/c1-3-5-6-7-8-9-10-11-16(18)14-12-19-13-15(14)17-4-2/h14-15,17H,3-13H2,1-2H3. The van der Waals surface area contributed by atoms with Crippen molar-refractivity contribution in [1.82, 2.24) is 5.32 Å². The number of likely N-dealkylation sites (N-methyl/N-ethyl adjacent to an activating group) is 1. The number of hydrogen-bond donors (Lipinski definition) is 1. The van der Waals surface area contributed by atoms with E-state index in [4.69, 9.17) is 4.74 Å². The lowest BCUT2D eigenvalue weighted by Gasteiger charge is -2.16. The van der Waals surface area contributed by atoms with Crippen molar-refractivity contribution in [2.75, 3.05) is 19.8 Å². The second-order valence-corrected chi connectivity index (χ2v) is 5.65. The van der Waals surface area contributed by atoms with E-state index in [2.05, 4.69) is 19.2 Å². The number of nitrogens with one attached hydrogen (secondary N) is 1. The van der Waals surface area contributed by atoms with Gasteiger partial charge >= 0.3 is 0 Å². The second kappa shape index (κ2) is 10.4. The molecule has 3 nitrogen and oxygen atoms in total. The minimum atomic E-state index is 0.0973. The molecule has 1 N–H and O–H groups in total. The fourth-order valence-corrected chi connectivity index (χ4v) is 2.78. The molecule has 0 aromatic carbocycles. The first kappa shape index (κ1) is 16.6. The summed E-state index contributed by atoms with van der Waals surface area (Å²) in [6.45, 7) is 6.54. The van der Waals surface area contributed by atoms with Crippen LogP contribution in [0.5, 0.6) is 0 Å². The van der Waals surface area contributed by atoms with E-state index in [1.165, 1.54) is 38.5 Å². The first-order valence-corrected chi connectivity index (χ1v) is 8.13. The van der Waals surface area contributed by atoms with Crippen molar-refractivity contribution in [2.24, 2.45) is 5.92 Å². The highest BCUT2D eigenvalue weighted by molar-refractivity contribution is 5.82. The van der Waals surface area contributed by atoms with Gasteiger partial charge in [0.2, 0.25) is 0 Å². The minimum absolute atomic E-state index is 0.0973. The summed E-state index contributed by atoms with van der Waals surface area (Å²) in [5, 5.41) is 3.35. The zero-order valence-corrected chi connectivity index (χ0v) is 12.7. The number of ketones is 1. The first-order valence-electron chi connectivity index (χ1n) is 8.13. The topological polar surface area (TPSA) is 38.3 Å². The molecule has 1 heterocycles. The zero-order chi connectivity index (χ0) is 13.9. The molecule has 0 amide bonds. The number of hydrogen-bond acceptors (Lipinski definition) is 3. The summed E-state index contributed by atoms with van der Waals surface area (Å²) >= 11 is 0. The highest BCUT2D eigenvalue weighted by Gasteiger charge is 2.32. The molecular weight excluding hydrogens is 238 g/mol. The van der Waals surface area contributed by atoms with Crippen LogP contribution in [-0.4, -0.2) is 31.6 Å². The van der Waals surface area contributed by atoms with E-state index in [1.807, 2.05) is 0 Å². The van der Waals surface area contributed by atoms with Crippen LogP contribution in [0, 0.1) is 5.92 Å². The van der Waals surface area contributed by atoms with E-state index in [1.54, 1.807) is 0 Å². The Kier molecular flexibility index (Phi) is 9.10. The van der Waals surface area contributed by atoms with Crippen LogP contribution in [0.25, 0.3) is 0 Å². The lowest BCUT2D eigenvalue weighted by atomic mass is 9.94. The van der Waals surface area contributed by atoms with Crippen molar-refractivity contribution in [3.63, 3.8) is 0 Å². The monoisotopic (exact) mass is 269 g/mol. The maximum Gasteiger partial charge on any atom is 0.139 e. The van der Waals surface area contributed by atoms with E-state index < -0.39 is 0 Å². The van der Waals surface area contributed by atoms with Gasteiger partial charge in [0.15, 0.2) is 0 Å². The Morgan fingerprint density at radius 2 is 1.74 bits per heavy atom. The fourth-order valence-electron chi connectivity index (χ4n) is 2.78. The molecule has 0 aliphatic carbocycles. The second-order valence-electron chi connectivity index (χ2n) is 5.65. The third-order valence-corrected chi connectivity index (χ3v) is 3.99. The molecule has 1 aliphatic heterocycles. The van der Waals surface area contributed by atoms with Gasteiger partial charge in [-0.15, -0.1) is 0 Å². The third-order valence-electron chi connectivity index (χ3n) is 3.99. The van der Waals surface area contributed by atoms with Crippen molar-refractivity contribution in [1.29, 1.82) is 0 Å². The van der Waals surface area contributed by atoms with Crippen molar-refractivity contribution >= 4 is 5.78 Å². The van der Waals surface area contributed by atoms with Crippen LogP contribution in [-0.2, 0) is 9.53 Å². The summed E-state index contributed by atoms with van der Waals surface area (Å²) < 4.78 is 5.43. The smallest absolute Gasteiger partial charge is 0.139 e. The highest BCUT2D eigenvalue weighted by atomic mass is 16.5. The summed E-state index contributed by atoms with van der Waals surface area (Å²) in [5.74, 6) is 0.497. The lowest BCUT2D eigenvalue weighted by molar-refractivity contribution is -0.123. The summed E-state index contributed by atoms with van der Waals surface area (Å²) in [4.78, 5) is 12.1. The SMILES string of the molecule is CCCCCCCCCC(=O)C1COCC1NCC. The molecule has 0 bridgehead atoms. The van der Waals surface area contributed by atoms with Crippen LogP contribution in [0.2, 0.25) is 0 Å². The Labute approximate surface area is 118 Å². The number of ether oxygens (including phenoxy) is 1. The average Bonchev–Trinajstić information content (AvgIpc) is 2.86. The maximum atomic E-state index is 12.1.